The Bertz CT molecular complexity index is 876. The molecule has 0 atom stereocenters. The van der Waals surface area contributed by atoms with Crippen LogP contribution in [-0.4, -0.2) is 46.9 Å². The molecule has 2 aromatic carbocycles. The molecule has 2 amide bonds. The molecular weight excluding hydrogens is 368 g/mol. The number of nitrogens with zero attached hydrogens (tertiary/aromatic N) is 1. The first-order chi connectivity index (χ1) is 13.0. The number of carbonyl (C=O) groups is 3. The maximum absolute atomic E-state index is 12.7. The molecule has 2 N–H and O–H groups in total. The Morgan fingerprint density at radius 3 is 2.07 bits per heavy atom. The Morgan fingerprint density at radius 1 is 0.926 bits per heavy atom. The fourth-order valence-electron chi connectivity index (χ4n) is 3.16. The number of likely N-dealkylation sites (tertiary alicyclic amines) is 1. The molecule has 1 aliphatic rings. The SMILES string of the molecule is O=C(NC1CCN(C(=O)c2ccccc2C(=O)O)CC1)c1ccccc1Cl. The first kappa shape index (κ1) is 18.9. The van der Waals surface area contributed by atoms with E-state index in [1.54, 1.807) is 41.3 Å². The molecule has 6 nitrogen and oxygen atoms in total. The molecule has 0 radical (unpaired) electrons. The molecule has 0 aliphatic carbocycles. The van der Waals surface area contributed by atoms with Crippen molar-refractivity contribution in [3.63, 3.8) is 0 Å². The molecule has 1 aliphatic heterocycles. The van der Waals surface area contributed by atoms with Gasteiger partial charge in [0.15, 0.2) is 0 Å². The topological polar surface area (TPSA) is 86.7 Å². The van der Waals surface area contributed by atoms with Crippen LogP contribution in [0.2, 0.25) is 5.02 Å². The number of rotatable bonds is 4. The molecule has 27 heavy (non-hydrogen) atoms. The second-order valence-electron chi connectivity index (χ2n) is 6.37. The summed E-state index contributed by atoms with van der Waals surface area (Å²) in [6.07, 6.45) is 1.19. The predicted molar refractivity (Wildman–Crippen MR) is 101 cm³/mol. The summed E-state index contributed by atoms with van der Waals surface area (Å²) in [5.74, 6) is -1.66. The highest BCUT2D eigenvalue weighted by Crippen LogP contribution is 2.19. The van der Waals surface area contributed by atoms with Gasteiger partial charge in [0.1, 0.15) is 0 Å². The van der Waals surface area contributed by atoms with Crippen LogP contribution >= 0.6 is 11.6 Å². The van der Waals surface area contributed by atoms with Gasteiger partial charge in [-0.2, -0.15) is 0 Å². The minimum Gasteiger partial charge on any atom is -0.478 e. The zero-order valence-electron chi connectivity index (χ0n) is 14.5. The van der Waals surface area contributed by atoms with Crippen LogP contribution in [-0.2, 0) is 0 Å². The highest BCUT2D eigenvalue weighted by Gasteiger charge is 2.27. The third-order valence-electron chi connectivity index (χ3n) is 4.62. The van der Waals surface area contributed by atoms with E-state index in [1.807, 2.05) is 0 Å². The molecule has 1 fully saturated rings. The number of carbonyl (C=O) groups excluding carboxylic acids is 2. The van der Waals surface area contributed by atoms with Crippen LogP contribution in [0.3, 0.4) is 0 Å². The summed E-state index contributed by atoms with van der Waals surface area (Å²) in [6, 6.07) is 13.0. The maximum atomic E-state index is 12.7. The molecule has 0 aromatic heterocycles. The zero-order chi connectivity index (χ0) is 19.4. The number of carboxylic acids is 1. The van der Waals surface area contributed by atoms with E-state index in [-0.39, 0.29) is 29.0 Å². The van der Waals surface area contributed by atoms with Gasteiger partial charge in [-0.25, -0.2) is 4.79 Å². The van der Waals surface area contributed by atoms with Crippen molar-refractivity contribution >= 4 is 29.4 Å². The summed E-state index contributed by atoms with van der Waals surface area (Å²) < 4.78 is 0. The number of hydrogen-bond acceptors (Lipinski definition) is 3. The van der Waals surface area contributed by atoms with Crippen LogP contribution in [0, 0.1) is 0 Å². The third-order valence-corrected chi connectivity index (χ3v) is 4.95. The summed E-state index contributed by atoms with van der Waals surface area (Å²) in [5, 5.41) is 12.6. The standard InChI is InChI=1S/C20H19ClN2O4/c21-17-8-4-3-7-16(17)18(24)22-13-9-11-23(12-10-13)19(25)14-5-1-2-6-15(14)20(26)27/h1-8,13H,9-12H2,(H,22,24)(H,26,27). The van der Waals surface area contributed by atoms with Crippen LogP contribution in [0.4, 0.5) is 0 Å². The Hall–Kier alpha value is -2.86. The minimum atomic E-state index is -1.12. The van der Waals surface area contributed by atoms with Gasteiger partial charge in [-0.05, 0) is 37.1 Å². The van der Waals surface area contributed by atoms with E-state index in [0.29, 0.717) is 36.5 Å². The Balaban J connectivity index is 1.61. The van der Waals surface area contributed by atoms with Gasteiger partial charge in [0.05, 0.1) is 21.7 Å². The van der Waals surface area contributed by atoms with Gasteiger partial charge >= 0.3 is 5.97 Å². The summed E-state index contributed by atoms with van der Waals surface area (Å²) in [6.45, 7) is 0.889. The fourth-order valence-corrected chi connectivity index (χ4v) is 3.38. The van der Waals surface area contributed by atoms with Crippen molar-refractivity contribution in [2.24, 2.45) is 0 Å². The maximum Gasteiger partial charge on any atom is 0.336 e. The highest BCUT2D eigenvalue weighted by molar-refractivity contribution is 6.33. The van der Waals surface area contributed by atoms with Crippen molar-refractivity contribution in [1.29, 1.82) is 0 Å². The van der Waals surface area contributed by atoms with Crippen LogP contribution in [0.1, 0.15) is 43.9 Å². The van der Waals surface area contributed by atoms with Crippen molar-refractivity contribution in [3.05, 3.63) is 70.2 Å². The summed E-state index contributed by atoms with van der Waals surface area (Å²) in [7, 11) is 0. The summed E-state index contributed by atoms with van der Waals surface area (Å²) >= 11 is 6.05. The van der Waals surface area contributed by atoms with E-state index in [0.717, 1.165) is 0 Å². The van der Waals surface area contributed by atoms with Gasteiger partial charge in [0.2, 0.25) is 0 Å². The number of carboxylic acid groups (broad SMARTS) is 1. The minimum absolute atomic E-state index is 0.00311. The van der Waals surface area contributed by atoms with Crippen LogP contribution in [0.25, 0.3) is 0 Å². The van der Waals surface area contributed by atoms with Gasteiger partial charge in [-0.15, -0.1) is 0 Å². The van der Waals surface area contributed by atoms with Gasteiger partial charge in [0.25, 0.3) is 11.8 Å². The second-order valence-corrected chi connectivity index (χ2v) is 6.78. The zero-order valence-corrected chi connectivity index (χ0v) is 15.3. The molecule has 2 aromatic rings. The normalized spacial score (nSPS) is 14.6. The average molecular weight is 387 g/mol. The van der Waals surface area contributed by atoms with E-state index < -0.39 is 5.97 Å². The Labute approximate surface area is 161 Å². The predicted octanol–water partition coefficient (Wildman–Crippen LogP) is 3.07. The largest absolute Gasteiger partial charge is 0.478 e. The first-order valence-corrected chi connectivity index (χ1v) is 9.02. The van der Waals surface area contributed by atoms with Crippen molar-refractivity contribution in [1.82, 2.24) is 10.2 Å². The average Bonchev–Trinajstić information content (AvgIpc) is 2.68. The first-order valence-electron chi connectivity index (χ1n) is 8.64. The smallest absolute Gasteiger partial charge is 0.336 e. The van der Waals surface area contributed by atoms with Crippen molar-refractivity contribution < 1.29 is 19.5 Å². The Kier molecular flexibility index (Phi) is 5.76. The molecule has 3 rings (SSSR count). The van der Waals surface area contributed by atoms with Crippen LogP contribution in [0.15, 0.2) is 48.5 Å². The lowest BCUT2D eigenvalue weighted by Crippen LogP contribution is -2.46. The van der Waals surface area contributed by atoms with Gasteiger partial charge in [-0.3, -0.25) is 9.59 Å². The van der Waals surface area contributed by atoms with Crippen molar-refractivity contribution in [2.45, 2.75) is 18.9 Å². The van der Waals surface area contributed by atoms with Crippen LogP contribution in [0.5, 0.6) is 0 Å². The van der Waals surface area contributed by atoms with Gasteiger partial charge < -0.3 is 15.3 Å². The summed E-state index contributed by atoms with van der Waals surface area (Å²) in [4.78, 5) is 38.0. The number of amides is 2. The molecule has 0 unspecified atom stereocenters. The van der Waals surface area contributed by atoms with Crippen molar-refractivity contribution in [3.8, 4) is 0 Å². The van der Waals surface area contributed by atoms with E-state index in [9.17, 15) is 19.5 Å². The molecular formula is C20H19ClN2O4. The lowest BCUT2D eigenvalue weighted by atomic mass is 10.0. The molecule has 0 bridgehead atoms. The molecule has 0 spiro atoms. The molecule has 1 saturated heterocycles. The number of halogens is 1. The lowest BCUT2D eigenvalue weighted by molar-refractivity contribution is 0.0654. The van der Waals surface area contributed by atoms with Gasteiger partial charge in [0, 0.05) is 19.1 Å². The molecule has 140 valence electrons. The monoisotopic (exact) mass is 386 g/mol. The van der Waals surface area contributed by atoms with Gasteiger partial charge in [-0.1, -0.05) is 35.9 Å². The van der Waals surface area contributed by atoms with Crippen LogP contribution < -0.4 is 5.32 Å². The van der Waals surface area contributed by atoms with E-state index >= 15 is 0 Å². The lowest BCUT2D eigenvalue weighted by Gasteiger charge is -2.32. The second kappa shape index (κ2) is 8.22. The number of nitrogens with one attached hydrogen (secondary N) is 1. The number of benzene rings is 2. The fraction of sp³-hybridized carbons (Fsp3) is 0.250. The Morgan fingerprint density at radius 2 is 1.48 bits per heavy atom. The third kappa shape index (κ3) is 4.28. The van der Waals surface area contributed by atoms with E-state index in [1.165, 1.54) is 12.1 Å². The number of piperidine rings is 1. The quantitative estimate of drug-likeness (QED) is 0.845. The van der Waals surface area contributed by atoms with E-state index in [4.69, 9.17) is 11.6 Å². The number of aromatic carboxylic acids is 1. The summed E-state index contributed by atoms with van der Waals surface area (Å²) in [5.41, 5.74) is 0.605. The molecule has 0 saturated carbocycles. The van der Waals surface area contributed by atoms with Crippen molar-refractivity contribution in [2.75, 3.05) is 13.1 Å². The van der Waals surface area contributed by atoms with E-state index in [2.05, 4.69) is 5.32 Å². The molecule has 7 heteroatoms. The highest BCUT2D eigenvalue weighted by atomic mass is 35.5. The number of hydrogen-bond donors (Lipinski definition) is 2. The molecule has 1 heterocycles.